The number of benzene rings is 1. The predicted octanol–water partition coefficient (Wildman–Crippen LogP) is 1.81. The van der Waals surface area contributed by atoms with Crippen molar-refractivity contribution in [3.8, 4) is 5.75 Å². The van der Waals surface area contributed by atoms with Crippen molar-refractivity contribution in [1.82, 2.24) is 0 Å². The van der Waals surface area contributed by atoms with Gasteiger partial charge in [-0.1, -0.05) is 0 Å². The van der Waals surface area contributed by atoms with Gasteiger partial charge in [-0.3, -0.25) is 4.79 Å². The molecule has 0 spiro atoms. The maximum absolute atomic E-state index is 12.6. The second-order valence-corrected chi connectivity index (χ2v) is 6.68. The molecule has 1 aliphatic rings. The molecule has 1 heterocycles. The maximum atomic E-state index is 12.6. The van der Waals surface area contributed by atoms with Crippen LogP contribution >= 0.6 is 15.9 Å². The zero-order valence-corrected chi connectivity index (χ0v) is 12.1. The highest BCUT2D eigenvalue weighted by Crippen LogP contribution is 2.34. The molecule has 0 saturated carbocycles. The van der Waals surface area contributed by atoms with E-state index in [0.29, 0.717) is 10.2 Å². The molecular weight excluding hydrogens is 341 g/mol. The normalized spacial score (nSPS) is 20.0. The molecule has 2 rings (SSSR count). The van der Waals surface area contributed by atoms with Gasteiger partial charge in [-0.15, -0.1) is 3.89 Å². The van der Waals surface area contributed by atoms with Crippen molar-refractivity contribution in [1.29, 1.82) is 0 Å². The van der Waals surface area contributed by atoms with Crippen LogP contribution < -0.4 is 4.90 Å². The Morgan fingerprint density at radius 3 is 2.79 bits per heavy atom. The number of hydrogen-bond acceptors (Lipinski definition) is 4. The Balaban J connectivity index is 2.23. The average molecular weight is 352 g/mol. The van der Waals surface area contributed by atoms with Gasteiger partial charge in [-0.2, -0.15) is 8.42 Å². The minimum absolute atomic E-state index is 0.00689. The van der Waals surface area contributed by atoms with Crippen molar-refractivity contribution in [2.45, 2.75) is 6.42 Å². The molecule has 0 bridgehead atoms. The molecule has 0 radical (unpaired) electrons. The van der Waals surface area contributed by atoms with E-state index in [0.717, 1.165) is 0 Å². The molecule has 0 aliphatic carbocycles. The minimum atomic E-state index is -4.59. The standard InChI is InChI=1S/C11H11BrFNO4S/c12-9-2-1-8(15)4-10(9)14-5-7(3-11(14)16)6-19(13,17)18/h1-2,4,7,15H,3,5-6H2. The van der Waals surface area contributed by atoms with Gasteiger partial charge in [0.1, 0.15) is 5.75 Å². The van der Waals surface area contributed by atoms with Crippen LogP contribution in [0.4, 0.5) is 9.57 Å². The molecule has 5 nitrogen and oxygen atoms in total. The third kappa shape index (κ3) is 3.44. The first-order valence-corrected chi connectivity index (χ1v) is 7.82. The van der Waals surface area contributed by atoms with E-state index in [1.165, 1.54) is 17.0 Å². The zero-order valence-electron chi connectivity index (χ0n) is 9.71. The van der Waals surface area contributed by atoms with Crippen LogP contribution in [0.1, 0.15) is 6.42 Å². The van der Waals surface area contributed by atoms with E-state index in [-0.39, 0.29) is 24.6 Å². The number of amides is 1. The van der Waals surface area contributed by atoms with Crippen LogP contribution in [0.3, 0.4) is 0 Å². The Morgan fingerprint density at radius 1 is 1.47 bits per heavy atom. The number of hydrogen-bond donors (Lipinski definition) is 1. The molecule has 1 aromatic carbocycles. The van der Waals surface area contributed by atoms with E-state index in [2.05, 4.69) is 15.9 Å². The predicted molar refractivity (Wildman–Crippen MR) is 71.2 cm³/mol. The lowest BCUT2D eigenvalue weighted by atomic mass is 10.1. The molecule has 1 aromatic rings. The fourth-order valence-electron chi connectivity index (χ4n) is 2.12. The summed E-state index contributed by atoms with van der Waals surface area (Å²) in [4.78, 5) is 13.2. The van der Waals surface area contributed by atoms with Gasteiger partial charge in [0.15, 0.2) is 0 Å². The smallest absolute Gasteiger partial charge is 0.302 e. The highest BCUT2D eigenvalue weighted by Gasteiger charge is 2.34. The summed E-state index contributed by atoms with van der Waals surface area (Å²) in [5.41, 5.74) is 0.448. The number of rotatable bonds is 3. The number of phenolic OH excluding ortho intramolecular Hbond substituents is 1. The van der Waals surface area contributed by atoms with E-state index in [1.54, 1.807) is 6.07 Å². The van der Waals surface area contributed by atoms with Crippen molar-refractivity contribution in [3.05, 3.63) is 22.7 Å². The fourth-order valence-corrected chi connectivity index (χ4v) is 3.36. The zero-order chi connectivity index (χ0) is 14.2. The van der Waals surface area contributed by atoms with E-state index in [9.17, 15) is 22.2 Å². The van der Waals surface area contributed by atoms with Gasteiger partial charge in [0, 0.05) is 29.4 Å². The molecule has 1 aliphatic heterocycles. The Labute approximate surface area is 118 Å². The van der Waals surface area contributed by atoms with Gasteiger partial charge in [0.2, 0.25) is 5.91 Å². The summed E-state index contributed by atoms with van der Waals surface area (Å²) in [7, 11) is -4.59. The average Bonchev–Trinajstić information content (AvgIpc) is 2.60. The minimum Gasteiger partial charge on any atom is -0.508 e. The first kappa shape index (κ1) is 14.3. The number of anilines is 1. The summed E-state index contributed by atoms with van der Waals surface area (Å²) in [5, 5.41) is 9.42. The summed E-state index contributed by atoms with van der Waals surface area (Å²) in [6.45, 7) is 0.115. The number of nitrogens with zero attached hydrogens (tertiary/aromatic N) is 1. The number of carbonyl (C=O) groups is 1. The third-order valence-corrected chi connectivity index (χ3v) is 4.40. The van der Waals surface area contributed by atoms with Crippen molar-refractivity contribution in [3.63, 3.8) is 0 Å². The second kappa shape index (κ2) is 5.09. The van der Waals surface area contributed by atoms with Gasteiger partial charge >= 0.3 is 10.2 Å². The molecule has 19 heavy (non-hydrogen) atoms. The monoisotopic (exact) mass is 351 g/mol. The molecule has 1 fully saturated rings. The van der Waals surface area contributed by atoms with Gasteiger partial charge in [-0.05, 0) is 28.1 Å². The largest absolute Gasteiger partial charge is 0.508 e. The van der Waals surface area contributed by atoms with Gasteiger partial charge in [0.05, 0.1) is 11.4 Å². The Kier molecular flexibility index (Phi) is 3.82. The van der Waals surface area contributed by atoms with Crippen LogP contribution in [0, 0.1) is 5.92 Å². The molecule has 104 valence electrons. The Morgan fingerprint density at radius 2 is 2.16 bits per heavy atom. The quantitative estimate of drug-likeness (QED) is 0.842. The molecule has 0 aromatic heterocycles. The maximum Gasteiger partial charge on any atom is 0.302 e. The van der Waals surface area contributed by atoms with Crippen LogP contribution in [0.25, 0.3) is 0 Å². The van der Waals surface area contributed by atoms with Crippen molar-refractivity contribution >= 4 is 37.7 Å². The third-order valence-electron chi connectivity index (χ3n) is 2.86. The summed E-state index contributed by atoms with van der Waals surface area (Å²) in [6, 6.07) is 4.43. The van der Waals surface area contributed by atoms with Crippen molar-refractivity contribution < 1.29 is 22.2 Å². The Bertz CT molecular complexity index is 619. The first-order valence-electron chi connectivity index (χ1n) is 5.47. The van der Waals surface area contributed by atoms with E-state index >= 15 is 0 Å². The molecule has 1 N–H and O–H groups in total. The first-order chi connectivity index (χ1) is 8.76. The molecule has 1 atom stereocenters. The van der Waals surface area contributed by atoms with Gasteiger partial charge in [-0.25, -0.2) is 0 Å². The SMILES string of the molecule is O=C1CC(CS(=O)(=O)F)CN1c1cc(O)ccc1Br. The van der Waals surface area contributed by atoms with Crippen LogP contribution in [-0.4, -0.2) is 31.7 Å². The summed E-state index contributed by atoms with van der Waals surface area (Å²) in [5.74, 6) is -1.53. The Hall–Kier alpha value is -1.15. The molecular formula is C11H11BrFNO4S. The number of phenols is 1. The summed E-state index contributed by atoms with van der Waals surface area (Å²) in [6.07, 6.45) is -0.0226. The number of aromatic hydroxyl groups is 1. The van der Waals surface area contributed by atoms with Crippen LogP contribution in [-0.2, 0) is 15.0 Å². The number of carbonyl (C=O) groups excluding carboxylic acids is 1. The lowest BCUT2D eigenvalue weighted by Crippen LogP contribution is -2.25. The molecule has 1 amide bonds. The van der Waals surface area contributed by atoms with Crippen molar-refractivity contribution in [2.24, 2.45) is 5.92 Å². The topological polar surface area (TPSA) is 74.7 Å². The van der Waals surface area contributed by atoms with Crippen LogP contribution in [0.2, 0.25) is 0 Å². The van der Waals surface area contributed by atoms with Gasteiger partial charge < -0.3 is 10.0 Å². The van der Waals surface area contributed by atoms with Crippen LogP contribution in [0.5, 0.6) is 5.75 Å². The lowest BCUT2D eigenvalue weighted by molar-refractivity contribution is -0.117. The highest BCUT2D eigenvalue weighted by molar-refractivity contribution is 9.10. The van der Waals surface area contributed by atoms with E-state index in [4.69, 9.17) is 0 Å². The number of halogens is 2. The lowest BCUT2D eigenvalue weighted by Gasteiger charge is -2.18. The summed E-state index contributed by atoms with van der Waals surface area (Å²) >= 11 is 3.25. The summed E-state index contributed by atoms with van der Waals surface area (Å²) < 4.78 is 34.5. The fraction of sp³-hybridized carbons (Fsp3) is 0.364. The van der Waals surface area contributed by atoms with Crippen LogP contribution in [0.15, 0.2) is 22.7 Å². The molecule has 1 unspecified atom stereocenters. The highest BCUT2D eigenvalue weighted by atomic mass is 79.9. The second-order valence-electron chi connectivity index (χ2n) is 4.42. The van der Waals surface area contributed by atoms with E-state index in [1.807, 2.05) is 0 Å². The molecule has 1 saturated heterocycles. The van der Waals surface area contributed by atoms with Crippen molar-refractivity contribution in [2.75, 3.05) is 17.2 Å². The molecule has 8 heteroatoms. The van der Waals surface area contributed by atoms with Gasteiger partial charge in [0.25, 0.3) is 0 Å². The van der Waals surface area contributed by atoms with E-state index < -0.39 is 21.9 Å².